The predicted octanol–water partition coefficient (Wildman–Crippen LogP) is -0.518. The standard InChI is InChI=1S/C11H27N3O3S/c1-11(2)12-6-10-18(15,16)13-5-8-17-9-7-14(3)4/h11-13H,5-10H2,1-4H3. The maximum Gasteiger partial charge on any atom is 0.212 e. The predicted molar refractivity (Wildman–Crippen MR) is 74.3 cm³/mol. The van der Waals surface area contributed by atoms with Gasteiger partial charge in [-0.05, 0) is 14.1 Å². The fraction of sp³-hybridized carbons (Fsp3) is 1.00. The van der Waals surface area contributed by atoms with Gasteiger partial charge in [0.15, 0.2) is 0 Å². The molecule has 0 radical (unpaired) electrons. The highest BCUT2D eigenvalue weighted by Gasteiger charge is 2.08. The van der Waals surface area contributed by atoms with E-state index in [0.717, 1.165) is 6.54 Å². The van der Waals surface area contributed by atoms with Crippen molar-refractivity contribution in [3.63, 3.8) is 0 Å². The van der Waals surface area contributed by atoms with Gasteiger partial charge in [-0.2, -0.15) is 0 Å². The first kappa shape index (κ1) is 17.8. The monoisotopic (exact) mass is 281 g/mol. The highest BCUT2D eigenvalue weighted by Crippen LogP contribution is 1.85. The molecule has 0 atom stereocenters. The van der Waals surface area contributed by atoms with Crippen LogP contribution in [0.25, 0.3) is 0 Å². The quantitative estimate of drug-likeness (QED) is 0.499. The second kappa shape index (κ2) is 9.69. The molecule has 0 aromatic rings. The first-order valence-electron chi connectivity index (χ1n) is 6.26. The molecule has 0 unspecified atom stereocenters. The van der Waals surface area contributed by atoms with E-state index in [2.05, 4.69) is 10.0 Å². The Bertz CT molecular complexity index is 292. The molecule has 0 aliphatic carbocycles. The number of ether oxygens (including phenoxy) is 1. The van der Waals surface area contributed by atoms with Crippen LogP contribution in [0.4, 0.5) is 0 Å². The van der Waals surface area contributed by atoms with Crippen LogP contribution in [0.3, 0.4) is 0 Å². The van der Waals surface area contributed by atoms with E-state index in [9.17, 15) is 8.42 Å². The lowest BCUT2D eigenvalue weighted by molar-refractivity contribution is 0.122. The van der Waals surface area contributed by atoms with Crippen LogP contribution < -0.4 is 10.0 Å². The first-order valence-corrected chi connectivity index (χ1v) is 7.92. The Kier molecular flexibility index (Phi) is 9.57. The van der Waals surface area contributed by atoms with E-state index >= 15 is 0 Å². The van der Waals surface area contributed by atoms with Crippen LogP contribution in [0, 0.1) is 0 Å². The fourth-order valence-corrected chi connectivity index (χ4v) is 2.10. The lowest BCUT2D eigenvalue weighted by Crippen LogP contribution is -2.35. The summed E-state index contributed by atoms with van der Waals surface area (Å²) in [5.41, 5.74) is 0. The summed E-state index contributed by atoms with van der Waals surface area (Å²) in [6, 6.07) is 0.301. The highest BCUT2D eigenvalue weighted by atomic mass is 32.2. The molecule has 0 fully saturated rings. The Morgan fingerprint density at radius 2 is 1.83 bits per heavy atom. The Morgan fingerprint density at radius 1 is 1.17 bits per heavy atom. The van der Waals surface area contributed by atoms with Crippen molar-refractivity contribution >= 4 is 10.0 Å². The molecule has 7 heteroatoms. The van der Waals surface area contributed by atoms with Crippen molar-refractivity contribution in [2.24, 2.45) is 0 Å². The molecular weight excluding hydrogens is 254 g/mol. The van der Waals surface area contributed by atoms with E-state index in [1.165, 1.54) is 0 Å². The molecular formula is C11H27N3O3S. The zero-order chi connectivity index (χ0) is 14.0. The normalized spacial score (nSPS) is 12.6. The van der Waals surface area contributed by atoms with Crippen LogP contribution in [0.5, 0.6) is 0 Å². The van der Waals surface area contributed by atoms with E-state index in [1.54, 1.807) is 0 Å². The topological polar surface area (TPSA) is 70.7 Å². The molecule has 0 bridgehead atoms. The third kappa shape index (κ3) is 12.3. The van der Waals surface area contributed by atoms with Gasteiger partial charge in [-0.15, -0.1) is 0 Å². The Hall–Kier alpha value is -0.210. The highest BCUT2D eigenvalue weighted by molar-refractivity contribution is 7.89. The van der Waals surface area contributed by atoms with E-state index < -0.39 is 10.0 Å². The molecule has 6 nitrogen and oxygen atoms in total. The lowest BCUT2D eigenvalue weighted by Gasteiger charge is -2.11. The summed E-state index contributed by atoms with van der Waals surface area (Å²) in [7, 11) is 0.748. The summed E-state index contributed by atoms with van der Waals surface area (Å²) < 4.78 is 30.9. The molecule has 18 heavy (non-hydrogen) atoms. The molecule has 0 heterocycles. The van der Waals surface area contributed by atoms with E-state index in [-0.39, 0.29) is 5.75 Å². The van der Waals surface area contributed by atoms with E-state index in [1.807, 2.05) is 32.8 Å². The molecule has 0 aliphatic rings. The van der Waals surface area contributed by atoms with Crippen LogP contribution in [-0.4, -0.2) is 72.1 Å². The Balaban J connectivity index is 3.53. The van der Waals surface area contributed by atoms with Crippen molar-refractivity contribution in [1.82, 2.24) is 14.9 Å². The lowest BCUT2D eigenvalue weighted by atomic mass is 10.4. The zero-order valence-corrected chi connectivity index (χ0v) is 12.7. The van der Waals surface area contributed by atoms with Gasteiger partial charge in [-0.3, -0.25) is 0 Å². The van der Waals surface area contributed by atoms with Gasteiger partial charge >= 0.3 is 0 Å². The van der Waals surface area contributed by atoms with Gasteiger partial charge in [-0.1, -0.05) is 13.8 Å². The van der Waals surface area contributed by atoms with Gasteiger partial charge in [0.05, 0.1) is 19.0 Å². The van der Waals surface area contributed by atoms with E-state index in [4.69, 9.17) is 4.74 Å². The fourth-order valence-electron chi connectivity index (χ4n) is 1.17. The summed E-state index contributed by atoms with van der Waals surface area (Å²) in [6.07, 6.45) is 0. The number of sulfonamides is 1. The molecule has 0 aromatic heterocycles. The number of nitrogens with zero attached hydrogens (tertiary/aromatic N) is 1. The van der Waals surface area contributed by atoms with Gasteiger partial charge in [0.25, 0.3) is 0 Å². The SMILES string of the molecule is CC(C)NCCS(=O)(=O)NCCOCCN(C)C. The summed E-state index contributed by atoms with van der Waals surface area (Å²) in [5, 5.41) is 3.07. The van der Waals surface area contributed by atoms with Crippen LogP contribution in [0.15, 0.2) is 0 Å². The minimum atomic E-state index is -3.18. The van der Waals surface area contributed by atoms with Gasteiger partial charge in [-0.25, -0.2) is 13.1 Å². The molecule has 0 aliphatic heterocycles. The van der Waals surface area contributed by atoms with Gasteiger partial charge in [0.2, 0.25) is 10.0 Å². The second-order valence-electron chi connectivity index (χ2n) is 4.74. The average Bonchev–Trinajstić information content (AvgIpc) is 2.21. The van der Waals surface area contributed by atoms with Crippen LogP contribution >= 0.6 is 0 Å². The van der Waals surface area contributed by atoms with Crippen LogP contribution in [0.2, 0.25) is 0 Å². The van der Waals surface area contributed by atoms with Crippen molar-refractivity contribution in [3.8, 4) is 0 Å². The molecule has 0 saturated heterocycles. The summed E-state index contributed by atoms with van der Waals surface area (Å²) in [6.45, 7) is 6.63. The van der Waals surface area contributed by atoms with Gasteiger partial charge in [0.1, 0.15) is 0 Å². The van der Waals surface area contributed by atoms with Gasteiger partial charge in [0, 0.05) is 25.7 Å². The van der Waals surface area contributed by atoms with E-state index in [0.29, 0.717) is 32.3 Å². The number of nitrogens with one attached hydrogen (secondary N) is 2. The summed E-state index contributed by atoms with van der Waals surface area (Å²) in [4.78, 5) is 2.02. The molecule has 0 rings (SSSR count). The third-order valence-electron chi connectivity index (χ3n) is 2.17. The Labute approximate surface area is 111 Å². The second-order valence-corrected chi connectivity index (χ2v) is 6.66. The molecule has 0 spiro atoms. The van der Waals surface area contributed by atoms with Gasteiger partial charge < -0.3 is 15.0 Å². The summed E-state index contributed by atoms with van der Waals surface area (Å²) in [5.74, 6) is 0.100. The molecule has 0 amide bonds. The maximum atomic E-state index is 11.5. The largest absolute Gasteiger partial charge is 0.379 e. The zero-order valence-electron chi connectivity index (χ0n) is 11.9. The van der Waals surface area contributed by atoms with Crippen molar-refractivity contribution in [2.45, 2.75) is 19.9 Å². The average molecular weight is 281 g/mol. The minimum absolute atomic E-state index is 0.100. The molecule has 110 valence electrons. The maximum absolute atomic E-state index is 11.5. The first-order chi connectivity index (χ1) is 8.33. The van der Waals surface area contributed by atoms with Crippen molar-refractivity contribution < 1.29 is 13.2 Å². The van der Waals surface area contributed by atoms with Crippen molar-refractivity contribution in [2.75, 3.05) is 52.7 Å². The Morgan fingerprint density at radius 3 is 2.39 bits per heavy atom. The van der Waals surface area contributed by atoms with Crippen LogP contribution in [-0.2, 0) is 14.8 Å². The summed E-state index contributed by atoms with van der Waals surface area (Å²) >= 11 is 0. The number of likely N-dealkylation sites (N-methyl/N-ethyl adjacent to an activating group) is 1. The number of hydrogen-bond donors (Lipinski definition) is 2. The smallest absolute Gasteiger partial charge is 0.212 e. The molecule has 2 N–H and O–H groups in total. The molecule has 0 saturated carbocycles. The minimum Gasteiger partial charge on any atom is -0.379 e. The van der Waals surface area contributed by atoms with Crippen LogP contribution in [0.1, 0.15) is 13.8 Å². The van der Waals surface area contributed by atoms with Crippen molar-refractivity contribution in [1.29, 1.82) is 0 Å². The molecule has 0 aromatic carbocycles. The van der Waals surface area contributed by atoms with Crippen molar-refractivity contribution in [3.05, 3.63) is 0 Å². The third-order valence-corrected chi connectivity index (χ3v) is 3.56. The number of rotatable bonds is 11. The number of hydrogen-bond acceptors (Lipinski definition) is 5.